The zero-order valence-corrected chi connectivity index (χ0v) is 12.0. The van der Waals surface area contributed by atoms with Gasteiger partial charge >= 0.3 is 6.18 Å². The second kappa shape index (κ2) is 6.21. The number of hydrogen-bond acceptors (Lipinski definition) is 3. The number of aromatic nitrogens is 1. The summed E-state index contributed by atoms with van der Waals surface area (Å²) in [6.45, 7) is 4.31. The average molecular weight is 301 g/mol. The summed E-state index contributed by atoms with van der Waals surface area (Å²) in [6.07, 6.45) is -4.20. The lowest BCUT2D eigenvalue weighted by Crippen LogP contribution is -2.40. The number of nitrogens with zero attached hydrogens (tertiary/aromatic N) is 2. The first kappa shape index (κ1) is 15.7. The molecule has 0 aliphatic rings. The van der Waals surface area contributed by atoms with Crippen LogP contribution in [0.25, 0.3) is 0 Å². The van der Waals surface area contributed by atoms with E-state index in [2.05, 4.69) is 4.98 Å². The van der Waals surface area contributed by atoms with Crippen LogP contribution in [0.2, 0.25) is 0 Å². The first-order chi connectivity index (χ1) is 8.24. The second-order valence-electron chi connectivity index (χ2n) is 4.37. The molecule has 0 radical (unpaired) electrons. The van der Waals surface area contributed by atoms with Crippen molar-refractivity contribution >= 4 is 22.9 Å². The number of halogens is 4. The normalized spacial score (nSPS) is 14.5. The van der Waals surface area contributed by atoms with Gasteiger partial charge in [-0.3, -0.25) is 4.90 Å². The van der Waals surface area contributed by atoms with Crippen LogP contribution in [0, 0.1) is 0 Å². The molecule has 1 unspecified atom stereocenters. The Hall–Kier alpha value is -0.330. The van der Waals surface area contributed by atoms with Gasteiger partial charge in [0.2, 0.25) is 0 Å². The minimum absolute atomic E-state index is 0.204. The highest BCUT2D eigenvalue weighted by atomic mass is 35.5. The van der Waals surface area contributed by atoms with E-state index in [4.69, 9.17) is 11.6 Å². The summed E-state index contributed by atoms with van der Waals surface area (Å²) < 4.78 is 37.6. The van der Waals surface area contributed by atoms with E-state index in [1.165, 1.54) is 16.2 Å². The molecule has 0 fully saturated rings. The standard InChI is InChI=1S/C11H16ClF3N2S/c1-7(2)17(6-11(13,14)15)8(3)10-16-9(4-12)5-18-10/h5,7-8H,4,6H2,1-3H3. The van der Waals surface area contributed by atoms with Crippen LogP contribution in [0.4, 0.5) is 13.2 Å². The van der Waals surface area contributed by atoms with Gasteiger partial charge in [-0.2, -0.15) is 13.2 Å². The van der Waals surface area contributed by atoms with Crippen molar-refractivity contribution in [2.24, 2.45) is 0 Å². The third-order valence-corrected chi connectivity index (χ3v) is 3.92. The Morgan fingerprint density at radius 3 is 2.39 bits per heavy atom. The summed E-state index contributed by atoms with van der Waals surface area (Å²) in [5.41, 5.74) is 0.708. The molecule has 0 bridgehead atoms. The molecule has 0 spiro atoms. The van der Waals surface area contributed by atoms with E-state index in [1.807, 2.05) is 0 Å². The third kappa shape index (κ3) is 4.40. The maximum Gasteiger partial charge on any atom is 0.401 e. The van der Waals surface area contributed by atoms with E-state index >= 15 is 0 Å². The molecule has 0 aliphatic heterocycles. The summed E-state index contributed by atoms with van der Waals surface area (Å²) in [5.74, 6) is 0.282. The highest BCUT2D eigenvalue weighted by Gasteiger charge is 2.35. The van der Waals surface area contributed by atoms with Crippen LogP contribution in [0.3, 0.4) is 0 Å². The van der Waals surface area contributed by atoms with Gasteiger partial charge in [0.05, 0.1) is 24.2 Å². The predicted molar refractivity (Wildman–Crippen MR) is 68.0 cm³/mol. The van der Waals surface area contributed by atoms with Crippen molar-refractivity contribution in [1.29, 1.82) is 0 Å². The quantitative estimate of drug-likeness (QED) is 0.757. The zero-order chi connectivity index (χ0) is 13.9. The van der Waals surface area contributed by atoms with Gasteiger partial charge in [-0.15, -0.1) is 22.9 Å². The Morgan fingerprint density at radius 2 is 2.00 bits per heavy atom. The first-order valence-electron chi connectivity index (χ1n) is 5.57. The molecule has 1 aromatic rings. The van der Waals surface area contributed by atoms with Crippen LogP contribution in [-0.2, 0) is 5.88 Å². The number of rotatable bonds is 5. The van der Waals surface area contributed by atoms with Gasteiger partial charge in [-0.05, 0) is 20.8 Å². The Balaban J connectivity index is 2.85. The Labute approximate surface area is 114 Å². The fraction of sp³-hybridized carbons (Fsp3) is 0.727. The van der Waals surface area contributed by atoms with Crippen LogP contribution >= 0.6 is 22.9 Å². The van der Waals surface area contributed by atoms with Crippen LogP contribution in [0.1, 0.15) is 37.5 Å². The molecular formula is C11H16ClF3N2S. The third-order valence-electron chi connectivity index (χ3n) is 2.59. The fourth-order valence-electron chi connectivity index (χ4n) is 1.69. The summed E-state index contributed by atoms with van der Waals surface area (Å²) in [7, 11) is 0. The van der Waals surface area contributed by atoms with Gasteiger partial charge in [-0.1, -0.05) is 0 Å². The van der Waals surface area contributed by atoms with E-state index in [0.717, 1.165) is 0 Å². The fourth-order valence-corrected chi connectivity index (χ4v) is 2.82. The smallest absolute Gasteiger partial charge is 0.283 e. The molecule has 0 aromatic carbocycles. The molecule has 1 aromatic heterocycles. The lowest BCUT2D eigenvalue weighted by atomic mass is 10.2. The lowest BCUT2D eigenvalue weighted by molar-refractivity contribution is -0.154. The summed E-state index contributed by atoms with van der Waals surface area (Å²) in [4.78, 5) is 5.63. The van der Waals surface area contributed by atoms with E-state index < -0.39 is 12.7 Å². The van der Waals surface area contributed by atoms with Gasteiger partial charge in [-0.25, -0.2) is 4.98 Å². The average Bonchev–Trinajstić information content (AvgIpc) is 2.71. The number of alkyl halides is 4. The molecule has 1 heterocycles. The number of hydrogen-bond donors (Lipinski definition) is 0. The molecule has 0 saturated carbocycles. The Bertz CT molecular complexity index is 379. The van der Waals surface area contributed by atoms with Crippen LogP contribution < -0.4 is 0 Å². The molecule has 2 nitrogen and oxygen atoms in total. The highest BCUT2D eigenvalue weighted by molar-refractivity contribution is 7.09. The van der Waals surface area contributed by atoms with Gasteiger partial charge in [0, 0.05) is 11.4 Å². The van der Waals surface area contributed by atoms with Crippen molar-refractivity contribution in [3.63, 3.8) is 0 Å². The molecule has 0 amide bonds. The maximum atomic E-state index is 12.5. The Morgan fingerprint density at radius 1 is 1.39 bits per heavy atom. The minimum atomic E-state index is -4.20. The summed E-state index contributed by atoms with van der Waals surface area (Å²) >= 11 is 6.99. The molecule has 0 saturated heterocycles. The molecule has 7 heteroatoms. The molecular weight excluding hydrogens is 285 g/mol. The Kier molecular flexibility index (Phi) is 5.43. The molecule has 1 rings (SSSR count). The van der Waals surface area contributed by atoms with Crippen molar-refractivity contribution in [3.8, 4) is 0 Å². The monoisotopic (exact) mass is 300 g/mol. The van der Waals surface area contributed by atoms with E-state index in [9.17, 15) is 13.2 Å². The molecule has 0 aliphatic carbocycles. The van der Waals surface area contributed by atoms with E-state index in [-0.39, 0.29) is 18.0 Å². The molecule has 0 N–H and O–H groups in total. The molecule has 1 atom stereocenters. The predicted octanol–water partition coefficient (Wildman–Crippen LogP) is 4.22. The van der Waals surface area contributed by atoms with E-state index in [1.54, 1.807) is 26.2 Å². The molecule has 104 valence electrons. The first-order valence-corrected chi connectivity index (χ1v) is 6.98. The van der Waals surface area contributed by atoms with Crippen LogP contribution in [-0.4, -0.2) is 28.6 Å². The van der Waals surface area contributed by atoms with E-state index in [0.29, 0.717) is 10.7 Å². The molecule has 18 heavy (non-hydrogen) atoms. The zero-order valence-electron chi connectivity index (χ0n) is 10.5. The maximum absolute atomic E-state index is 12.5. The largest absolute Gasteiger partial charge is 0.401 e. The highest BCUT2D eigenvalue weighted by Crippen LogP contribution is 2.29. The van der Waals surface area contributed by atoms with Crippen molar-refractivity contribution in [1.82, 2.24) is 9.88 Å². The van der Waals surface area contributed by atoms with Gasteiger partial charge < -0.3 is 0 Å². The lowest BCUT2D eigenvalue weighted by Gasteiger charge is -2.32. The summed E-state index contributed by atoms with van der Waals surface area (Å²) in [6, 6.07) is -0.571. The second-order valence-corrected chi connectivity index (χ2v) is 5.52. The summed E-state index contributed by atoms with van der Waals surface area (Å²) in [5, 5.41) is 2.45. The van der Waals surface area contributed by atoms with Crippen molar-refractivity contribution < 1.29 is 13.2 Å². The van der Waals surface area contributed by atoms with Crippen molar-refractivity contribution in [2.75, 3.05) is 6.54 Å². The number of thiazole rings is 1. The topological polar surface area (TPSA) is 16.1 Å². The van der Waals surface area contributed by atoms with Crippen LogP contribution in [0.15, 0.2) is 5.38 Å². The minimum Gasteiger partial charge on any atom is -0.283 e. The van der Waals surface area contributed by atoms with Crippen LogP contribution in [0.5, 0.6) is 0 Å². The van der Waals surface area contributed by atoms with Crippen molar-refractivity contribution in [2.45, 2.75) is 44.9 Å². The SMILES string of the molecule is CC(C)N(CC(F)(F)F)C(C)c1nc(CCl)cs1. The van der Waals surface area contributed by atoms with Gasteiger partial charge in [0.1, 0.15) is 5.01 Å². The van der Waals surface area contributed by atoms with Gasteiger partial charge in [0.25, 0.3) is 0 Å². The van der Waals surface area contributed by atoms with Crippen molar-refractivity contribution in [3.05, 3.63) is 16.1 Å². The van der Waals surface area contributed by atoms with Gasteiger partial charge in [0.15, 0.2) is 0 Å².